The first-order valence-electron chi connectivity index (χ1n) is 7.78. The van der Waals surface area contributed by atoms with Gasteiger partial charge in [-0.3, -0.25) is 4.79 Å². The zero-order valence-electron chi connectivity index (χ0n) is 14.7. The molecule has 0 saturated carbocycles. The van der Waals surface area contributed by atoms with E-state index in [1.165, 1.54) is 30.3 Å². The second kappa shape index (κ2) is 7.80. The van der Waals surface area contributed by atoms with Crippen molar-refractivity contribution >= 4 is 18.1 Å². The first-order chi connectivity index (χ1) is 13.7. The van der Waals surface area contributed by atoms with E-state index in [0.29, 0.717) is 17.3 Å². The Morgan fingerprint density at radius 1 is 1.07 bits per heavy atom. The molecule has 30 heavy (non-hydrogen) atoms. The lowest BCUT2D eigenvalue weighted by molar-refractivity contribution is -0.344. The van der Waals surface area contributed by atoms with Crippen LogP contribution in [0.5, 0.6) is 0 Å². The summed E-state index contributed by atoms with van der Waals surface area (Å²) in [5.41, 5.74) is 1.81. The predicted octanol–water partition coefficient (Wildman–Crippen LogP) is 4.24. The van der Waals surface area contributed by atoms with E-state index in [1.54, 1.807) is 6.92 Å². The van der Waals surface area contributed by atoms with E-state index in [0.717, 1.165) is 5.43 Å². The highest BCUT2D eigenvalue weighted by Crippen LogP contribution is 2.46. The average Bonchev–Trinajstić information content (AvgIpc) is 3.09. The summed E-state index contributed by atoms with van der Waals surface area (Å²) in [7, 11) is 0. The van der Waals surface area contributed by atoms with Crippen LogP contribution in [-0.4, -0.2) is 41.2 Å². The maximum atomic E-state index is 13.2. The summed E-state index contributed by atoms with van der Waals surface area (Å²) in [5.74, 6) is -17.0. The van der Waals surface area contributed by atoms with Crippen molar-refractivity contribution in [2.24, 2.45) is 5.10 Å². The summed E-state index contributed by atoms with van der Waals surface area (Å²) >= 11 is 0. The Labute approximate surface area is 163 Å². The van der Waals surface area contributed by atoms with Gasteiger partial charge in [0.05, 0.1) is 11.8 Å². The number of hydrogen-bond donors (Lipinski definition) is 2. The molecule has 0 unspecified atom stereocenters. The number of nitrogens with one attached hydrogen (secondary N) is 1. The molecule has 2 N–H and O–H groups in total. The Balaban J connectivity index is 2.17. The first kappa shape index (κ1) is 22.9. The van der Waals surface area contributed by atoms with Gasteiger partial charge in [-0.15, -0.1) is 0 Å². The van der Waals surface area contributed by atoms with Gasteiger partial charge in [-0.1, -0.05) is 6.07 Å². The molecule has 0 fully saturated rings. The zero-order valence-corrected chi connectivity index (χ0v) is 14.7. The molecular formula is C17H11F7N2O4. The number of rotatable bonds is 6. The van der Waals surface area contributed by atoms with Crippen LogP contribution in [0.2, 0.25) is 0 Å². The van der Waals surface area contributed by atoms with Crippen molar-refractivity contribution in [2.75, 3.05) is 0 Å². The third kappa shape index (κ3) is 4.28. The van der Waals surface area contributed by atoms with Gasteiger partial charge in [-0.25, -0.2) is 10.2 Å². The van der Waals surface area contributed by atoms with Crippen molar-refractivity contribution in [3.05, 3.63) is 47.2 Å². The predicted molar refractivity (Wildman–Crippen MR) is 87.5 cm³/mol. The van der Waals surface area contributed by atoms with Crippen LogP contribution in [0.4, 0.5) is 30.7 Å². The molecule has 2 rings (SSSR count). The van der Waals surface area contributed by atoms with E-state index in [-0.39, 0.29) is 17.1 Å². The third-order valence-corrected chi connectivity index (χ3v) is 3.77. The average molecular weight is 440 g/mol. The van der Waals surface area contributed by atoms with Gasteiger partial charge < -0.3 is 9.52 Å². The molecule has 1 aromatic carbocycles. The Morgan fingerprint density at radius 3 is 2.27 bits per heavy atom. The summed E-state index contributed by atoms with van der Waals surface area (Å²) in [6.07, 6.45) is -6.07. The summed E-state index contributed by atoms with van der Waals surface area (Å²) in [5, 5.41) is 11.9. The number of carboxylic acid groups (broad SMARTS) is 1. The molecule has 1 heterocycles. The number of alkyl halides is 7. The Hall–Kier alpha value is -3.38. The summed E-state index contributed by atoms with van der Waals surface area (Å²) in [6.45, 7) is 1.64. The fourth-order valence-electron chi connectivity index (χ4n) is 2.13. The number of halogens is 7. The second-order valence-electron chi connectivity index (χ2n) is 5.88. The molecular weight excluding hydrogens is 429 g/mol. The highest BCUT2D eigenvalue weighted by Gasteiger charge is 2.76. The SMILES string of the molecule is Cc1ccc(C(=O)O)cc1-c1ccc(/C=N/NC(=O)C(F)(F)C(F)(F)C(F)(F)F)o1. The number of hydrogen-bond acceptors (Lipinski definition) is 4. The Morgan fingerprint density at radius 2 is 1.70 bits per heavy atom. The van der Waals surface area contributed by atoms with Gasteiger partial charge in [0.25, 0.3) is 0 Å². The van der Waals surface area contributed by atoms with Crippen LogP contribution in [0.15, 0.2) is 39.9 Å². The minimum absolute atomic E-state index is 0.0534. The molecule has 6 nitrogen and oxygen atoms in total. The quantitative estimate of drug-likeness (QED) is 0.400. The smallest absolute Gasteiger partial charge is 0.460 e. The summed E-state index contributed by atoms with van der Waals surface area (Å²) in [6, 6.07) is 6.68. The van der Waals surface area contributed by atoms with Crippen molar-refractivity contribution in [3.8, 4) is 11.3 Å². The van der Waals surface area contributed by atoms with Gasteiger partial charge in [-0.2, -0.15) is 35.8 Å². The maximum absolute atomic E-state index is 13.2. The lowest BCUT2D eigenvalue weighted by atomic mass is 10.0. The number of hydrazone groups is 1. The van der Waals surface area contributed by atoms with Crippen LogP contribution in [0.3, 0.4) is 0 Å². The lowest BCUT2D eigenvalue weighted by Crippen LogP contribution is -2.58. The number of carboxylic acids is 1. The van der Waals surface area contributed by atoms with Crippen molar-refractivity contribution in [1.29, 1.82) is 0 Å². The number of nitrogens with zero attached hydrogens (tertiary/aromatic N) is 1. The normalized spacial score (nSPS) is 12.9. The van der Waals surface area contributed by atoms with Gasteiger partial charge in [0, 0.05) is 5.56 Å². The standard InChI is InChI=1S/C17H11F7N2O4/c1-8-2-3-9(13(27)28)6-11(8)12-5-4-10(30-12)7-25-26-14(29)15(18,19)16(20,21)17(22,23)24/h2-7H,1H3,(H,26,29)(H,27,28)/b25-7+. The second-order valence-corrected chi connectivity index (χ2v) is 5.88. The first-order valence-corrected chi connectivity index (χ1v) is 7.78. The Kier molecular flexibility index (Phi) is 5.96. The van der Waals surface area contributed by atoms with Crippen molar-refractivity contribution in [3.63, 3.8) is 0 Å². The molecule has 13 heteroatoms. The van der Waals surface area contributed by atoms with Crippen LogP contribution in [0.25, 0.3) is 11.3 Å². The largest absolute Gasteiger partial charge is 0.478 e. The monoisotopic (exact) mass is 440 g/mol. The fourth-order valence-corrected chi connectivity index (χ4v) is 2.13. The number of aryl methyl sites for hydroxylation is 1. The molecule has 0 saturated heterocycles. The van der Waals surface area contributed by atoms with Crippen LogP contribution >= 0.6 is 0 Å². The molecule has 1 amide bonds. The van der Waals surface area contributed by atoms with E-state index >= 15 is 0 Å². The van der Waals surface area contributed by atoms with E-state index in [2.05, 4.69) is 5.10 Å². The minimum atomic E-state index is -6.66. The van der Waals surface area contributed by atoms with E-state index < -0.39 is 29.9 Å². The third-order valence-electron chi connectivity index (χ3n) is 3.77. The molecule has 0 atom stereocenters. The summed E-state index contributed by atoms with van der Waals surface area (Å²) in [4.78, 5) is 22.1. The molecule has 1 aromatic heterocycles. The maximum Gasteiger partial charge on any atom is 0.460 e. The van der Waals surface area contributed by atoms with Crippen LogP contribution < -0.4 is 5.43 Å². The van der Waals surface area contributed by atoms with Gasteiger partial charge in [0.15, 0.2) is 0 Å². The highest BCUT2D eigenvalue weighted by atomic mass is 19.4. The van der Waals surface area contributed by atoms with Crippen LogP contribution in [0, 0.1) is 6.92 Å². The van der Waals surface area contributed by atoms with Crippen LogP contribution in [0.1, 0.15) is 21.7 Å². The van der Waals surface area contributed by atoms with Crippen molar-refractivity contribution in [1.82, 2.24) is 5.43 Å². The number of benzene rings is 1. The zero-order chi connectivity index (χ0) is 22.9. The molecule has 0 spiro atoms. The lowest BCUT2D eigenvalue weighted by Gasteiger charge is -2.26. The van der Waals surface area contributed by atoms with Gasteiger partial charge in [0.1, 0.15) is 11.5 Å². The number of carbonyl (C=O) groups is 2. The molecule has 2 aromatic rings. The van der Waals surface area contributed by atoms with Crippen molar-refractivity contribution < 1.29 is 49.8 Å². The van der Waals surface area contributed by atoms with E-state index in [9.17, 15) is 40.3 Å². The van der Waals surface area contributed by atoms with E-state index in [1.807, 2.05) is 0 Å². The van der Waals surface area contributed by atoms with Gasteiger partial charge in [0.2, 0.25) is 0 Å². The minimum Gasteiger partial charge on any atom is -0.478 e. The molecule has 0 radical (unpaired) electrons. The number of carbonyl (C=O) groups excluding carboxylic acids is 1. The molecule has 0 bridgehead atoms. The van der Waals surface area contributed by atoms with E-state index in [4.69, 9.17) is 9.52 Å². The number of aromatic carboxylic acids is 1. The fraction of sp³-hybridized carbons (Fsp3) is 0.235. The molecule has 162 valence electrons. The molecule has 0 aliphatic rings. The number of furan rings is 1. The summed E-state index contributed by atoms with van der Waals surface area (Å²) < 4.78 is 93.3. The van der Waals surface area contributed by atoms with Crippen molar-refractivity contribution in [2.45, 2.75) is 24.9 Å². The van der Waals surface area contributed by atoms with Gasteiger partial charge >= 0.3 is 29.9 Å². The topological polar surface area (TPSA) is 91.9 Å². The Bertz CT molecular complexity index is 996. The highest BCUT2D eigenvalue weighted by molar-refractivity contribution is 5.90. The molecule has 0 aliphatic heterocycles. The van der Waals surface area contributed by atoms with Crippen LogP contribution in [-0.2, 0) is 4.79 Å². The van der Waals surface area contributed by atoms with Gasteiger partial charge in [-0.05, 0) is 36.8 Å². The molecule has 0 aliphatic carbocycles. The number of amides is 1.